The highest BCUT2D eigenvalue weighted by Crippen LogP contribution is 2.37. The van der Waals surface area contributed by atoms with E-state index < -0.39 is 0 Å². The van der Waals surface area contributed by atoms with Crippen molar-refractivity contribution < 1.29 is 0 Å². The maximum atomic E-state index is 4.06. The molecule has 2 heterocycles. The second-order valence-electron chi connectivity index (χ2n) is 8.34. The Morgan fingerprint density at radius 1 is 0.714 bits per heavy atom. The Labute approximate surface area is 131 Å². The van der Waals surface area contributed by atoms with Gasteiger partial charge in [0, 0.05) is 24.7 Å². The first-order chi connectivity index (χ1) is 10.4. The Bertz CT molecular complexity index is 340. The molecule has 5 unspecified atom stereocenters. The van der Waals surface area contributed by atoms with E-state index >= 15 is 0 Å². The molecule has 0 amide bonds. The van der Waals surface area contributed by atoms with Crippen molar-refractivity contribution in [3.63, 3.8) is 0 Å². The minimum atomic E-state index is 0.796. The van der Waals surface area contributed by atoms with E-state index in [0.717, 1.165) is 30.0 Å². The van der Waals surface area contributed by atoms with Crippen LogP contribution in [0.15, 0.2) is 0 Å². The first-order valence-corrected chi connectivity index (χ1v) is 9.90. The third-order valence-corrected chi connectivity index (χ3v) is 7.06. The van der Waals surface area contributed by atoms with Gasteiger partial charge in [0.25, 0.3) is 0 Å². The van der Waals surface area contributed by atoms with Crippen LogP contribution in [0.1, 0.15) is 77.0 Å². The third kappa shape index (κ3) is 3.17. The van der Waals surface area contributed by atoms with Crippen LogP contribution in [0.3, 0.4) is 0 Å². The molecule has 5 atom stereocenters. The molecule has 2 nitrogen and oxygen atoms in total. The maximum absolute atomic E-state index is 4.06. The van der Waals surface area contributed by atoms with Gasteiger partial charge in [0.05, 0.1) is 0 Å². The first-order valence-electron chi connectivity index (χ1n) is 9.90. The predicted molar refractivity (Wildman–Crippen MR) is 88.5 cm³/mol. The quantitative estimate of drug-likeness (QED) is 0.828. The molecule has 2 heteroatoms. The van der Waals surface area contributed by atoms with Crippen LogP contribution in [0.5, 0.6) is 0 Å². The molecule has 21 heavy (non-hydrogen) atoms. The van der Waals surface area contributed by atoms with E-state index in [-0.39, 0.29) is 0 Å². The average molecular weight is 290 g/mol. The molecule has 0 bridgehead atoms. The van der Waals surface area contributed by atoms with E-state index in [1.165, 1.54) is 90.1 Å². The highest BCUT2D eigenvalue weighted by atomic mass is 15.2. The summed E-state index contributed by atoms with van der Waals surface area (Å²) < 4.78 is 0. The Morgan fingerprint density at radius 3 is 2.43 bits per heavy atom. The summed E-state index contributed by atoms with van der Waals surface area (Å²) in [6, 6.07) is 2.60. The van der Waals surface area contributed by atoms with E-state index in [1.807, 2.05) is 0 Å². The number of nitrogens with zero attached hydrogens (tertiary/aromatic N) is 1. The van der Waals surface area contributed by atoms with Gasteiger partial charge < -0.3 is 5.32 Å². The van der Waals surface area contributed by atoms with Crippen molar-refractivity contribution in [3.05, 3.63) is 0 Å². The zero-order valence-electron chi connectivity index (χ0n) is 13.7. The molecular formula is C19H34N2. The van der Waals surface area contributed by atoms with Crippen LogP contribution in [0.25, 0.3) is 0 Å². The molecule has 2 saturated carbocycles. The number of hydrogen-bond acceptors (Lipinski definition) is 2. The zero-order valence-corrected chi connectivity index (χ0v) is 13.7. The second kappa shape index (κ2) is 6.58. The van der Waals surface area contributed by atoms with Gasteiger partial charge >= 0.3 is 0 Å². The highest BCUT2D eigenvalue weighted by molar-refractivity contribution is 4.93. The van der Waals surface area contributed by atoms with Crippen molar-refractivity contribution in [2.45, 2.75) is 95.2 Å². The van der Waals surface area contributed by atoms with Crippen molar-refractivity contribution in [1.82, 2.24) is 10.2 Å². The number of fused-ring (bicyclic) bond motifs is 2. The average Bonchev–Trinajstić information content (AvgIpc) is 2.55. The van der Waals surface area contributed by atoms with Crippen molar-refractivity contribution in [2.24, 2.45) is 11.8 Å². The van der Waals surface area contributed by atoms with Crippen LogP contribution in [0.4, 0.5) is 0 Å². The smallest absolute Gasteiger partial charge is 0.0197 e. The summed E-state index contributed by atoms with van der Waals surface area (Å²) in [5.41, 5.74) is 0. The molecular weight excluding hydrogens is 256 g/mol. The van der Waals surface area contributed by atoms with Gasteiger partial charge in [-0.05, 0) is 69.7 Å². The first kappa shape index (κ1) is 14.5. The van der Waals surface area contributed by atoms with Gasteiger partial charge in [-0.3, -0.25) is 4.90 Å². The molecule has 4 rings (SSSR count). The summed E-state index contributed by atoms with van der Waals surface area (Å²) in [5.74, 6) is 2.05. The predicted octanol–water partition coefficient (Wildman–Crippen LogP) is 3.95. The Kier molecular flexibility index (Phi) is 4.55. The van der Waals surface area contributed by atoms with Crippen molar-refractivity contribution in [3.8, 4) is 0 Å². The fourth-order valence-electron chi connectivity index (χ4n) is 5.96. The maximum Gasteiger partial charge on any atom is 0.0197 e. The lowest BCUT2D eigenvalue weighted by molar-refractivity contribution is 0.0419. The Morgan fingerprint density at radius 2 is 1.48 bits per heavy atom. The van der Waals surface area contributed by atoms with Gasteiger partial charge in [-0.2, -0.15) is 0 Å². The topological polar surface area (TPSA) is 15.3 Å². The molecule has 4 aliphatic rings. The normalized spacial score (nSPS) is 44.9. The fourth-order valence-corrected chi connectivity index (χ4v) is 5.96. The van der Waals surface area contributed by atoms with E-state index in [0.29, 0.717) is 0 Å². The van der Waals surface area contributed by atoms with E-state index in [1.54, 1.807) is 0 Å². The van der Waals surface area contributed by atoms with Gasteiger partial charge in [-0.1, -0.05) is 25.7 Å². The minimum Gasteiger partial charge on any atom is -0.310 e. The molecule has 2 saturated heterocycles. The molecule has 2 aliphatic carbocycles. The molecule has 0 aromatic carbocycles. The highest BCUT2D eigenvalue weighted by Gasteiger charge is 2.36. The third-order valence-electron chi connectivity index (χ3n) is 7.06. The molecule has 0 aromatic rings. The molecule has 120 valence electrons. The van der Waals surface area contributed by atoms with Gasteiger partial charge in [0.2, 0.25) is 0 Å². The SMILES string of the molecule is C1CCC2NC(CN3CCCC4CCCCC43)CCC2C1. The van der Waals surface area contributed by atoms with Crippen molar-refractivity contribution in [1.29, 1.82) is 0 Å². The van der Waals surface area contributed by atoms with Gasteiger partial charge in [0.1, 0.15) is 0 Å². The van der Waals surface area contributed by atoms with Crippen LogP contribution in [-0.2, 0) is 0 Å². The summed E-state index contributed by atoms with van der Waals surface area (Å²) in [7, 11) is 0. The monoisotopic (exact) mass is 290 g/mol. The summed E-state index contributed by atoms with van der Waals surface area (Å²) in [4.78, 5) is 2.90. The van der Waals surface area contributed by atoms with Crippen LogP contribution in [0, 0.1) is 11.8 Å². The Balaban J connectivity index is 1.34. The summed E-state index contributed by atoms with van der Waals surface area (Å²) >= 11 is 0. The number of piperidine rings is 2. The molecule has 0 radical (unpaired) electrons. The molecule has 1 N–H and O–H groups in total. The lowest BCUT2D eigenvalue weighted by Crippen LogP contribution is -2.56. The van der Waals surface area contributed by atoms with Crippen LogP contribution in [-0.4, -0.2) is 36.1 Å². The number of likely N-dealkylation sites (tertiary alicyclic amines) is 1. The lowest BCUT2D eigenvalue weighted by Gasteiger charge is -2.47. The molecule has 0 spiro atoms. The van der Waals surface area contributed by atoms with E-state index in [9.17, 15) is 0 Å². The van der Waals surface area contributed by atoms with Crippen LogP contribution < -0.4 is 5.32 Å². The van der Waals surface area contributed by atoms with Crippen LogP contribution in [0.2, 0.25) is 0 Å². The van der Waals surface area contributed by atoms with Crippen molar-refractivity contribution >= 4 is 0 Å². The summed E-state index contributed by atoms with van der Waals surface area (Å²) in [6.07, 6.45) is 17.8. The zero-order chi connectivity index (χ0) is 14.1. The fraction of sp³-hybridized carbons (Fsp3) is 1.00. The van der Waals surface area contributed by atoms with E-state index in [4.69, 9.17) is 0 Å². The molecule has 2 aliphatic heterocycles. The number of rotatable bonds is 2. The van der Waals surface area contributed by atoms with Gasteiger partial charge in [-0.15, -0.1) is 0 Å². The second-order valence-corrected chi connectivity index (χ2v) is 8.34. The minimum absolute atomic E-state index is 0.796. The largest absolute Gasteiger partial charge is 0.310 e. The van der Waals surface area contributed by atoms with Crippen molar-refractivity contribution in [2.75, 3.05) is 13.1 Å². The molecule has 0 aromatic heterocycles. The molecule has 4 fully saturated rings. The van der Waals surface area contributed by atoms with Gasteiger partial charge in [-0.25, -0.2) is 0 Å². The van der Waals surface area contributed by atoms with E-state index in [2.05, 4.69) is 10.2 Å². The summed E-state index contributed by atoms with van der Waals surface area (Å²) in [6.45, 7) is 2.73. The lowest BCUT2D eigenvalue weighted by atomic mass is 9.76. The Hall–Kier alpha value is -0.0800. The van der Waals surface area contributed by atoms with Gasteiger partial charge in [0.15, 0.2) is 0 Å². The summed E-state index contributed by atoms with van der Waals surface area (Å²) in [5, 5.41) is 4.06. The number of hydrogen-bond donors (Lipinski definition) is 1. The number of nitrogens with one attached hydrogen (secondary N) is 1. The standard InChI is InChI=1S/C19H34N2/c1-3-9-18-15(6-1)11-12-17(20-18)14-21-13-5-8-16-7-2-4-10-19(16)21/h15-20H,1-14H2. The van der Waals surface area contributed by atoms with Crippen LogP contribution >= 0.6 is 0 Å².